The summed E-state index contributed by atoms with van der Waals surface area (Å²) in [6.45, 7) is 5.33. The third kappa shape index (κ3) is 5.44. The number of nitrogens with one attached hydrogen (secondary N) is 1. The molecule has 0 aliphatic carbocycles. The zero-order valence-electron chi connectivity index (χ0n) is 13.8. The van der Waals surface area contributed by atoms with Gasteiger partial charge in [-0.15, -0.1) is 0 Å². The average Bonchev–Trinajstić information content (AvgIpc) is 2.58. The molecule has 1 amide bonds. The number of aliphatic hydroxyl groups excluding tert-OH is 1. The fourth-order valence-electron chi connectivity index (χ4n) is 2.99. The second kappa shape index (κ2) is 8.79. The second-order valence-electron chi connectivity index (χ2n) is 6.24. The van der Waals surface area contributed by atoms with Gasteiger partial charge in [-0.25, -0.2) is 0 Å². The highest BCUT2D eigenvalue weighted by atomic mass is 16.3. The van der Waals surface area contributed by atoms with Crippen molar-refractivity contribution in [1.82, 2.24) is 10.2 Å². The first-order chi connectivity index (χ1) is 11.1. The van der Waals surface area contributed by atoms with Crippen LogP contribution in [0.3, 0.4) is 0 Å². The first kappa shape index (κ1) is 17.6. The van der Waals surface area contributed by atoms with Gasteiger partial charge in [0, 0.05) is 30.8 Å². The SMILES string of the molecule is CC(=O)c1cccc(C(=O)NCCCN2CCCC(CO)C2)c1. The number of piperidine rings is 1. The molecule has 1 atom stereocenters. The summed E-state index contributed by atoms with van der Waals surface area (Å²) in [5, 5.41) is 12.1. The Labute approximate surface area is 137 Å². The Morgan fingerprint density at radius 1 is 1.35 bits per heavy atom. The predicted octanol–water partition coefficient (Wildman–Crippen LogP) is 1.71. The molecule has 5 heteroatoms. The lowest BCUT2D eigenvalue weighted by Crippen LogP contribution is -2.38. The van der Waals surface area contributed by atoms with Crippen LogP contribution in [-0.4, -0.2) is 54.5 Å². The van der Waals surface area contributed by atoms with Crippen LogP contribution in [0.1, 0.15) is 46.9 Å². The van der Waals surface area contributed by atoms with Crippen LogP contribution in [0.15, 0.2) is 24.3 Å². The van der Waals surface area contributed by atoms with Gasteiger partial charge in [-0.3, -0.25) is 9.59 Å². The van der Waals surface area contributed by atoms with Gasteiger partial charge in [-0.2, -0.15) is 0 Å². The number of carbonyl (C=O) groups is 2. The fraction of sp³-hybridized carbons (Fsp3) is 0.556. The molecule has 1 aliphatic rings. The monoisotopic (exact) mass is 318 g/mol. The molecule has 2 rings (SSSR count). The molecule has 1 aromatic rings. The Hall–Kier alpha value is -1.72. The second-order valence-corrected chi connectivity index (χ2v) is 6.24. The highest BCUT2D eigenvalue weighted by molar-refractivity contribution is 5.99. The van der Waals surface area contributed by atoms with Crippen LogP contribution in [0.2, 0.25) is 0 Å². The van der Waals surface area contributed by atoms with Crippen LogP contribution >= 0.6 is 0 Å². The largest absolute Gasteiger partial charge is 0.396 e. The molecule has 0 aromatic heterocycles. The van der Waals surface area contributed by atoms with E-state index in [2.05, 4.69) is 10.2 Å². The lowest BCUT2D eigenvalue weighted by molar-refractivity contribution is 0.0946. The zero-order chi connectivity index (χ0) is 16.7. The summed E-state index contributed by atoms with van der Waals surface area (Å²) in [5.41, 5.74) is 1.08. The lowest BCUT2D eigenvalue weighted by atomic mass is 9.99. The number of hydrogen-bond donors (Lipinski definition) is 2. The Morgan fingerprint density at radius 2 is 2.13 bits per heavy atom. The van der Waals surface area contributed by atoms with E-state index < -0.39 is 0 Å². The number of nitrogens with zero attached hydrogens (tertiary/aromatic N) is 1. The number of Topliss-reactive ketones (excluding diaryl/α,β-unsaturated/α-hetero) is 1. The van der Waals surface area contributed by atoms with Gasteiger partial charge in [0.05, 0.1) is 0 Å². The number of aliphatic hydroxyl groups is 1. The number of likely N-dealkylation sites (tertiary alicyclic amines) is 1. The Kier molecular flexibility index (Phi) is 6.74. The zero-order valence-corrected chi connectivity index (χ0v) is 13.8. The molecule has 5 nitrogen and oxygen atoms in total. The number of benzene rings is 1. The molecule has 1 saturated heterocycles. The van der Waals surface area contributed by atoms with Crippen LogP contribution in [0.4, 0.5) is 0 Å². The molecule has 23 heavy (non-hydrogen) atoms. The summed E-state index contributed by atoms with van der Waals surface area (Å²) in [6.07, 6.45) is 3.13. The van der Waals surface area contributed by atoms with Gasteiger partial charge in [-0.05, 0) is 57.3 Å². The van der Waals surface area contributed by atoms with Crippen molar-refractivity contribution in [2.45, 2.75) is 26.2 Å². The Morgan fingerprint density at radius 3 is 2.87 bits per heavy atom. The molecule has 1 heterocycles. The standard InChI is InChI=1S/C18H26N2O3/c1-14(22)16-6-2-7-17(11-16)18(23)19-8-4-10-20-9-3-5-15(12-20)13-21/h2,6-7,11,15,21H,3-5,8-10,12-13H2,1H3,(H,19,23). The maximum atomic E-state index is 12.1. The van der Waals surface area contributed by atoms with Crippen LogP contribution in [0, 0.1) is 5.92 Å². The smallest absolute Gasteiger partial charge is 0.251 e. The Bertz CT molecular complexity index is 545. The third-order valence-corrected chi connectivity index (χ3v) is 4.33. The van der Waals surface area contributed by atoms with Crippen molar-refractivity contribution < 1.29 is 14.7 Å². The van der Waals surface area contributed by atoms with E-state index in [4.69, 9.17) is 0 Å². The molecule has 1 unspecified atom stereocenters. The minimum atomic E-state index is -0.139. The molecule has 1 aliphatic heterocycles. The molecule has 0 spiro atoms. The van der Waals surface area contributed by atoms with Crippen molar-refractivity contribution in [2.75, 3.05) is 32.8 Å². The van der Waals surface area contributed by atoms with Gasteiger partial charge in [0.25, 0.3) is 5.91 Å². The maximum absolute atomic E-state index is 12.1. The van der Waals surface area contributed by atoms with Crippen molar-refractivity contribution in [3.63, 3.8) is 0 Å². The number of rotatable bonds is 7. The molecule has 1 fully saturated rings. The minimum Gasteiger partial charge on any atom is -0.396 e. The summed E-state index contributed by atoms with van der Waals surface area (Å²) < 4.78 is 0. The summed E-state index contributed by atoms with van der Waals surface area (Å²) in [7, 11) is 0. The van der Waals surface area contributed by atoms with E-state index in [1.165, 1.54) is 6.92 Å². The van der Waals surface area contributed by atoms with E-state index in [0.29, 0.717) is 23.6 Å². The predicted molar refractivity (Wildman–Crippen MR) is 89.6 cm³/mol. The van der Waals surface area contributed by atoms with Gasteiger partial charge < -0.3 is 15.3 Å². The van der Waals surface area contributed by atoms with E-state index in [0.717, 1.165) is 38.9 Å². The number of hydrogen-bond acceptors (Lipinski definition) is 4. The van der Waals surface area contributed by atoms with Crippen LogP contribution in [0.25, 0.3) is 0 Å². The molecule has 2 N–H and O–H groups in total. The molecule has 0 bridgehead atoms. The maximum Gasteiger partial charge on any atom is 0.251 e. The van der Waals surface area contributed by atoms with Crippen LogP contribution < -0.4 is 5.32 Å². The number of ketones is 1. The topological polar surface area (TPSA) is 69.6 Å². The number of amides is 1. The number of carbonyl (C=O) groups excluding carboxylic acids is 2. The van der Waals surface area contributed by atoms with Gasteiger partial charge >= 0.3 is 0 Å². The quantitative estimate of drug-likeness (QED) is 0.593. The van der Waals surface area contributed by atoms with E-state index in [-0.39, 0.29) is 18.3 Å². The third-order valence-electron chi connectivity index (χ3n) is 4.33. The normalized spacial score (nSPS) is 18.6. The highest BCUT2D eigenvalue weighted by Crippen LogP contribution is 2.15. The summed E-state index contributed by atoms with van der Waals surface area (Å²) in [4.78, 5) is 25.8. The summed E-state index contributed by atoms with van der Waals surface area (Å²) in [5.74, 6) is 0.218. The molecular formula is C18H26N2O3. The molecule has 0 radical (unpaired) electrons. The minimum absolute atomic E-state index is 0.0387. The van der Waals surface area contributed by atoms with Crippen LogP contribution in [-0.2, 0) is 0 Å². The van der Waals surface area contributed by atoms with E-state index in [1.807, 2.05) is 0 Å². The van der Waals surface area contributed by atoms with E-state index >= 15 is 0 Å². The van der Waals surface area contributed by atoms with Gasteiger partial charge in [-0.1, -0.05) is 12.1 Å². The molecule has 126 valence electrons. The summed E-state index contributed by atoms with van der Waals surface area (Å²) in [6, 6.07) is 6.80. The summed E-state index contributed by atoms with van der Waals surface area (Å²) >= 11 is 0. The van der Waals surface area contributed by atoms with Crippen molar-refractivity contribution >= 4 is 11.7 Å². The molecule has 1 aromatic carbocycles. The highest BCUT2D eigenvalue weighted by Gasteiger charge is 2.18. The van der Waals surface area contributed by atoms with Crippen molar-refractivity contribution in [2.24, 2.45) is 5.92 Å². The molecule has 0 saturated carbocycles. The van der Waals surface area contributed by atoms with Gasteiger partial charge in [0.15, 0.2) is 5.78 Å². The first-order valence-corrected chi connectivity index (χ1v) is 8.32. The van der Waals surface area contributed by atoms with Gasteiger partial charge in [0.1, 0.15) is 0 Å². The van der Waals surface area contributed by atoms with E-state index in [1.54, 1.807) is 24.3 Å². The Balaban J connectivity index is 1.72. The average molecular weight is 318 g/mol. The van der Waals surface area contributed by atoms with Crippen molar-refractivity contribution in [3.05, 3.63) is 35.4 Å². The van der Waals surface area contributed by atoms with Gasteiger partial charge in [0.2, 0.25) is 0 Å². The first-order valence-electron chi connectivity index (χ1n) is 8.32. The lowest BCUT2D eigenvalue weighted by Gasteiger charge is -2.31. The fourth-order valence-corrected chi connectivity index (χ4v) is 2.99. The van der Waals surface area contributed by atoms with Crippen molar-refractivity contribution in [3.8, 4) is 0 Å². The van der Waals surface area contributed by atoms with Crippen molar-refractivity contribution in [1.29, 1.82) is 0 Å². The molecular weight excluding hydrogens is 292 g/mol. The van der Waals surface area contributed by atoms with E-state index in [9.17, 15) is 14.7 Å². The van der Waals surface area contributed by atoms with Crippen LogP contribution in [0.5, 0.6) is 0 Å².